The van der Waals surface area contributed by atoms with Crippen molar-refractivity contribution in [2.75, 3.05) is 39.3 Å². The Kier molecular flexibility index (Phi) is 15.9. The molecule has 7 rings (SSSR count). The SMILES string of the molecule is CCCCCCCC(=O)N1CCN(S(=O)(=O)c2cccc(C(=O)N3C[C@@H](C(=O)N[C@H]4C[C@@H]4c4ccccc4)[C@H](C(=O)N[C@H]4C[C@@H]4c4ccccc4)C3)c2)C[C@H]1C(=O)NCCCCCC. The van der Waals surface area contributed by atoms with Crippen molar-refractivity contribution in [3.8, 4) is 0 Å². The van der Waals surface area contributed by atoms with Gasteiger partial charge in [-0.2, -0.15) is 4.31 Å². The first-order chi connectivity index (χ1) is 31.0. The minimum Gasteiger partial charge on any atom is -0.354 e. The summed E-state index contributed by atoms with van der Waals surface area (Å²) in [5.74, 6) is -2.80. The Morgan fingerprint density at radius 1 is 0.625 bits per heavy atom. The largest absolute Gasteiger partial charge is 0.354 e. The Labute approximate surface area is 379 Å². The highest BCUT2D eigenvalue weighted by atomic mass is 32.2. The molecule has 3 aromatic rings. The fraction of sp³-hybridized carbons (Fsp3) is 0.540. The third kappa shape index (κ3) is 11.6. The topological polar surface area (TPSA) is 165 Å². The van der Waals surface area contributed by atoms with E-state index in [0.717, 1.165) is 75.3 Å². The van der Waals surface area contributed by atoms with E-state index in [9.17, 15) is 32.4 Å². The lowest BCUT2D eigenvalue weighted by molar-refractivity contribution is -0.142. The number of sulfonamides is 1. The van der Waals surface area contributed by atoms with Gasteiger partial charge in [-0.1, -0.05) is 126 Å². The van der Waals surface area contributed by atoms with Gasteiger partial charge in [-0.25, -0.2) is 8.42 Å². The summed E-state index contributed by atoms with van der Waals surface area (Å²) >= 11 is 0. The molecule has 344 valence electrons. The van der Waals surface area contributed by atoms with Crippen LogP contribution in [0.1, 0.15) is 124 Å². The summed E-state index contributed by atoms with van der Waals surface area (Å²) in [6.45, 7) is 4.54. The average Bonchev–Trinajstić information content (AvgIpc) is 4.23. The molecule has 14 heteroatoms. The summed E-state index contributed by atoms with van der Waals surface area (Å²) in [6.07, 6.45) is 10.6. The van der Waals surface area contributed by atoms with Crippen molar-refractivity contribution in [1.29, 1.82) is 0 Å². The summed E-state index contributed by atoms with van der Waals surface area (Å²) < 4.78 is 29.9. The van der Waals surface area contributed by atoms with Crippen LogP contribution in [-0.4, -0.2) is 109 Å². The van der Waals surface area contributed by atoms with E-state index in [1.54, 1.807) is 6.07 Å². The quantitative estimate of drug-likeness (QED) is 0.111. The van der Waals surface area contributed by atoms with Crippen LogP contribution in [0.4, 0.5) is 0 Å². The van der Waals surface area contributed by atoms with E-state index >= 15 is 0 Å². The van der Waals surface area contributed by atoms with Crippen molar-refractivity contribution in [3.63, 3.8) is 0 Å². The fourth-order valence-corrected chi connectivity index (χ4v) is 10.9. The maximum Gasteiger partial charge on any atom is 0.253 e. The highest BCUT2D eigenvalue weighted by Crippen LogP contribution is 2.43. The lowest BCUT2D eigenvalue weighted by atomic mass is 9.94. The molecule has 0 radical (unpaired) electrons. The Hall–Kier alpha value is -5.08. The Balaban J connectivity index is 1.04. The average molecular weight is 895 g/mol. The molecule has 2 aliphatic carbocycles. The van der Waals surface area contributed by atoms with Crippen LogP contribution in [0.2, 0.25) is 0 Å². The number of amides is 5. The van der Waals surface area contributed by atoms with Crippen molar-refractivity contribution in [3.05, 3.63) is 102 Å². The lowest BCUT2D eigenvalue weighted by Crippen LogP contribution is -2.61. The van der Waals surface area contributed by atoms with E-state index < -0.39 is 33.8 Å². The van der Waals surface area contributed by atoms with Gasteiger partial charge in [0.25, 0.3) is 5.91 Å². The zero-order chi connectivity index (χ0) is 45.2. The first-order valence-corrected chi connectivity index (χ1v) is 25.1. The molecule has 0 aromatic heterocycles. The van der Waals surface area contributed by atoms with Crippen molar-refractivity contribution in [1.82, 2.24) is 30.1 Å². The Morgan fingerprint density at radius 2 is 1.19 bits per heavy atom. The van der Waals surface area contributed by atoms with Crippen LogP contribution < -0.4 is 16.0 Å². The predicted molar refractivity (Wildman–Crippen MR) is 246 cm³/mol. The molecule has 2 aliphatic heterocycles. The van der Waals surface area contributed by atoms with Crippen LogP contribution in [0.5, 0.6) is 0 Å². The zero-order valence-corrected chi connectivity index (χ0v) is 38.3. The molecule has 0 spiro atoms. The summed E-state index contributed by atoms with van der Waals surface area (Å²) in [5.41, 5.74) is 2.39. The number of hydrogen-bond donors (Lipinski definition) is 3. The minimum absolute atomic E-state index is 0.000315. The van der Waals surface area contributed by atoms with Crippen LogP contribution in [0, 0.1) is 11.8 Å². The van der Waals surface area contributed by atoms with E-state index in [2.05, 4.69) is 29.8 Å². The van der Waals surface area contributed by atoms with Crippen molar-refractivity contribution in [2.24, 2.45) is 11.8 Å². The third-order valence-electron chi connectivity index (χ3n) is 13.5. The second kappa shape index (κ2) is 21.7. The van der Waals surface area contributed by atoms with Gasteiger partial charge in [-0.05, 0) is 55.0 Å². The molecule has 4 fully saturated rings. The first kappa shape index (κ1) is 46.9. The van der Waals surface area contributed by atoms with E-state index in [1.807, 2.05) is 60.7 Å². The molecule has 3 aromatic carbocycles. The number of nitrogens with one attached hydrogen (secondary N) is 3. The number of nitrogens with zero attached hydrogens (tertiary/aromatic N) is 3. The van der Waals surface area contributed by atoms with Crippen LogP contribution in [-0.2, 0) is 29.2 Å². The molecule has 2 saturated heterocycles. The standard InChI is InChI=1S/C50H66N6O7S/c1-3-5-7-9-16-25-46(57)56-28-27-55(34-45(56)49(60)51-26-17-8-6-4-2)64(62,63)38-24-18-23-37(29-38)50(61)54-32-41(47(58)52-43-30-39(43)35-19-12-10-13-20-35)42(33-54)48(59)53-44-31-40(44)36-21-14-11-15-22-36/h10-15,18-24,29,39-45H,3-9,16-17,25-28,30-34H2,1-2H3,(H,51,60)(H,52,58)(H,53,59)/t39-,40-,41-,42-,43+,44+,45+/m1/s1. The fourth-order valence-electron chi connectivity index (χ4n) is 9.45. The van der Waals surface area contributed by atoms with Gasteiger partial charge in [0.15, 0.2) is 0 Å². The van der Waals surface area contributed by atoms with Gasteiger partial charge < -0.3 is 25.8 Å². The predicted octanol–water partition coefficient (Wildman–Crippen LogP) is 5.98. The number of hydrogen-bond acceptors (Lipinski definition) is 7. The summed E-state index contributed by atoms with van der Waals surface area (Å²) in [6, 6.07) is 24.7. The molecular formula is C50H66N6O7S. The number of carbonyl (C=O) groups excluding carboxylic acids is 5. The van der Waals surface area contributed by atoms with Crippen LogP contribution in [0.3, 0.4) is 0 Å². The molecule has 64 heavy (non-hydrogen) atoms. The molecule has 0 unspecified atom stereocenters. The highest BCUT2D eigenvalue weighted by molar-refractivity contribution is 7.89. The molecule has 0 bridgehead atoms. The number of carbonyl (C=O) groups is 5. The lowest BCUT2D eigenvalue weighted by Gasteiger charge is -2.40. The van der Waals surface area contributed by atoms with Gasteiger partial charge in [0, 0.05) is 75.2 Å². The maximum atomic E-state index is 14.4. The van der Waals surface area contributed by atoms with Crippen LogP contribution >= 0.6 is 0 Å². The summed E-state index contributed by atoms with van der Waals surface area (Å²) in [5, 5.41) is 9.28. The number of likely N-dealkylation sites (tertiary alicyclic amines) is 1. The number of rotatable bonds is 21. The monoisotopic (exact) mass is 894 g/mol. The Morgan fingerprint density at radius 3 is 1.77 bits per heavy atom. The molecule has 2 saturated carbocycles. The van der Waals surface area contributed by atoms with Gasteiger partial charge >= 0.3 is 0 Å². The molecular weight excluding hydrogens is 829 g/mol. The molecule has 4 aliphatic rings. The first-order valence-electron chi connectivity index (χ1n) is 23.7. The van der Waals surface area contributed by atoms with Crippen molar-refractivity contribution < 1.29 is 32.4 Å². The second-order valence-corrected chi connectivity index (χ2v) is 20.1. The highest BCUT2D eigenvalue weighted by Gasteiger charge is 2.49. The second-order valence-electron chi connectivity index (χ2n) is 18.2. The van der Waals surface area contributed by atoms with E-state index in [4.69, 9.17) is 0 Å². The molecule has 3 N–H and O–H groups in total. The molecule has 13 nitrogen and oxygen atoms in total. The van der Waals surface area contributed by atoms with Gasteiger partial charge in [0.1, 0.15) is 6.04 Å². The summed E-state index contributed by atoms with van der Waals surface area (Å²) in [4.78, 5) is 72.4. The van der Waals surface area contributed by atoms with E-state index in [1.165, 1.54) is 32.3 Å². The number of piperazine rings is 1. The molecule has 2 heterocycles. The number of benzene rings is 3. The molecule has 7 atom stereocenters. The minimum atomic E-state index is -4.22. The van der Waals surface area contributed by atoms with Crippen molar-refractivity contribution in [2.45, 2.75) is 126 Å². The summed E-state index contributed by atoms with van der Waals surface area (Å²) in [7, 11) is -4.22. The van der Waals surface area contributed by atoms with Crippen LogP contribution in [0.15, 0.2) is 89.8 Å². The zero-order valence-electron chi connectivity index (χ0n) is 37.5. The van der Waals surface area contributed by atoms with Gasteiger partial charge in [-0.15, -0.1) is 0 Å². The third-order valence-corrected chi connectivity index (χ3v) is 15.3. The Bertz CT molecular complexity index is 2130. The van der Waals surface area contributed by atoms with Crippen LogP contribution in [0.25, 0.3) is 0 Å². The van der Waals surface area contributed by atoms with Gasteiger partial charge in [0.05, 0.1) is 16.7 Å². The van der Waals surface area contributed by atoms with Gasteiger partial charge in [-0.3, -0.25) is 24.0 Å². The van der Waals surface area contributed by atoms with Gasteiger partial charge in [0.2, 0.25) is 33.7 Å². The normalized spacial score (nSPS) is 24.2. The van der Waals surface area contributed by atoms with Crippen molar-refractivity contribution >= 4 is 39.6 Å². The number of unbranched alkanes of at least 4 members (excludes halogenated alkanes) is 7. The smallest absolute Gasteiger partial charge is 0.253 e. The van der Waals surface area contributed by atoms with E-state index in [0.29, 0.717) is 19.4 Å². The van der Waals surface area contributed by atoms with E-state index in [-0.39, 0.29) is 90.7 Å². The molecule has 5 amide bonds. The maximum absolute atomic E-state index is 14.4.